The molecule has 0 aliphatic heterocycles. The van der Waals surface area contributed by atoms with E-state index < -0.39 is 35.3 Å². The van der Waals surface area contributed by atoms with Crippen LogP contribution in [0.5, 0.6) is 0 Å². The maximum Gasteiger partial charge on any atom is 0.340 e. The number of aryl methyl sites for hydroxylation is 1. The molecular formula is C21H20F2N2O3S. The SMILES string of the molecule is Cc1cc(C(=O)O[C@@H](C)C(=O)Nc2c(F)cccc2F)c(C)n1Cc1cccs1. The van der Waals surface area contributed by atoms with E-state index >= 15 is 0 Å². The molecule has 0 spiro atoms. The predicted octanol–water partition coefficient (Wildman–Crippen LogP) is 4.68. The molecule has 152 valence electrons. The summed E-state index contributed by atoms with van der Waals surface area (Å²) in [6.07, 6.45) is -1.23. The molecule has 2 aromatic heterocycles. The highest BCUT2D eigenvalue weighted by Gasteiger charge is 2.24. The van der Waals surface area contributed by atoms with Gasteiger partial charge in [0.15, 0.2) is 6.10 Å². The van der Waals surface area contributed by atoms with Gasteiger partial charge in [-0.25, -0.2) is 13.6 Å². The molecule has 0 aliphatic rings. The molecule has 29 heavy (non-hydrogen) atoms. The zero-order valence-electron chi connectivity index (χ0n) is 16.2. The first kappa shape index (κ1) is 20.7. The van der Waals surface area contributed by atoms with Gasteiger partial charge in [0.2, 0.25) is 0 Å². The van der Waals surface area contributed by atoms with Crippen molar-refractivity contribution in [2.24, 2.45) is 0 Å². The lowest BCUT2D eigenvalue weighted by molar-refractivity contribution is -0.123. The number of hydrogen-bond donors (Lipinski definition) is 1. The molecule has 1 aromatic carbocycles. The number of hydrogen-bond acceptors (Lipinski definition) is 4. The maximum atomic E-state index is 13.7. The Balaban J connectivity index is 1.70. The van der Waals surface area contributed by atoms with Crippen LogP contribution in [0, 0.1) is 25.5 Å². The number of rotatable bonds is 6. The van der Waals surface area contributed by atoms with Gasteiger partial charge in [-0.15, -0.1) is 11.3 Å². The second-order valence-corrected chi connectivity index (χ2v) is 7.62. The molecule has 8 heteroatoms. The number of esters is 1. The van der Waals surface area contributed by atoms with Crippen molar-refractivity contribution in [1.29, 1.82) is 0 Å². The highest BCUT2D eigenvalue weighted by atomic mass is 32.1. The molecule has 0 unspecified atom stereocenters. The van der Waals surface area contributed by atoms with Gasteiger partial charge >= 0.3 is 5.97 Å². The minimum atomic E-state index is -1.23. The Morgan fingerprint density at radius 2 is 1.86 bits per heavy atom. The van der Waals surface area contributed by atoms with Gasteiger partial charge in [-0.05, 0) is 50.4 Å². The quantitative estimate of drug-likeness (QED) is 0.592. The van der Waals surface area contributed by atoms with E-state index in [9.17, 15) is 18.4 Å². The summed E-state index contributed by atoms with van der Waals surface area (Å²) in [5.74, 6) is -3.31. The van der Waals surface area contributed by atoms with Crippen LogP contribution < -0.4 is 5.32 Å². The van der Waals surface area contributed by atoms with Gasteiger partial charge in [-0.3, -0.25) is 4.79 Å². The number of halogens is 2. The number of nitrogens with zero attached hydrogens (tertiary/aromatic N) is 1. The van der Waals surface area contributed by atoms with Crippen LogP contribution in [0.3, 0.4) is 0 Å². The zero-order valence-corrected chi connectivity index (χ0v) is 17.0. The van der Waals surface area contributed by atoms with Crippen molar-refractivity contribution >= 4 is 28.9 Å². The highest BCUT2D eigenvalue weighted by molar-refractivity contribution is 7.09. The summed E-state index contributed by atoms with van der Waals surface area (Å²) in [4.78, 5) is 25.9. The number of carbonyl (C=O) groups is 2. The van der Waals surface area contributed by atoms with Crippen molar-refractivity contribution in [3.8, 4) is 0 Å². The fraction of sp³-hybridized carbons (Fsp3) is 0.238. The van der Waals surface area contributed by atoms with Crippen LogP contribution in [0.1, 0.15) is 33.5 Å². The topological polar surface area (TPSA) is 60.3 Å². The van der Waals surface area contributed by atoms with Gasteiger partial charge in [0.1, 0.15) is 17.3 Å². The van der Waals surface area contributed by atoms with Crippen LogP contribution in [0.25, 0.3) is 0 Å². The average Bonchev–Trinajstić information content (AvgIpc) is 3.28. The fourth-order valence-corrected chi connectivity index (χ4v) is 3.62. The highest BCUT2D eigenvalue weighted by Crippen LogP contribution is 2.21. The molecule has 0 bridgehead atoms. The van der Waals surface area contributed by atoms with Crippen LogP contribution in [0.4, 0.5) is 14.5 Å². The first-order chi connectivity index (χ1) is 13.8. The van der Waals surface area contributed by atoms with Crippen molar-refractivity contribution < 1.29 is 23.1 Å². The minimum absolute atomic E-state index is 0.343. The molecule has 1 N–H and O–H groups in total. The first-order valence-electron chi connectivity index (χ1n) is 8.93. The molecular weight excluding hydrogens is 398 g/mol. The van der Waals surface area contributed by atoms with Crippen LogP contribution in [0.15, 0.2) is 41.8 Å². The molecule has 3 rings (SSSR count). The van der Waals surface area contributed by atoms with E-state index in [4.69, 9.17) is 4.74 Å². The van der Waals surface area contributed by atoms with Crippen LogP contribution in [0.2, 0.25) is 0 Å². The largest absolute Gasteiger partial charge is 0.449 e. The third-order valence-electron chi connectivity index (χ3n) is 4.55. The van der Waals surface area contributed by atoms with Gasteiger partial charge in [0.05, 0.1) is 12.1 Å². The third kappa shape index (κ3) is 4.54. The Morgan fingerprint density at radius 1 is 1.17 bits per heavy atom. The predicted molar refractivity (Wildman–Crippen MR) is 107 cm³/mol. The van der Waals surface area contributed by atoms with Crippen molar-refractivity contribution in [1.82, 2.24) is 4.57 Å². The second-order valence-electron chi connectivity index (χ2n) is 6.58. The summed E-state index contributed by atoms with van der Waals surface area (Å²) in [5, 5.41) is 4.11. The number of benzene rings is 1. The zero-order chi connectivity index (χ0) is 21.1. The molecule has 0 saturated heterocycles. The molecule has 1 atom stereocenters. The number of aromatic nitrogens is 1. The van der Waals surface area contributed by atoms with E-state index in [0.29, 0.717) is 17.8 Å². The Kier molecular flexibility index (Phi) is 6.12. The number of thiophene rings is 1. The van der Waals surface area contributed by atoms with Gasteiger partial charge in [0, 0.05) is 16.3 Å². The Labute approximate surface area is 170 Å². The van der Waals surface area contributed by atoms with Crippen molar-refractivity contribution in [2.75, 3.05) is 5.32 Å². The lowest BCUT2D eigenvalue weighted by Crippen LogP contribution is -2.30. The number of nitrogens with one attached hydrogen (secondary N) is 1. The minimum Gasteiger partial charge on any atom is -0.449 e. The molecule has 2 heterocycles. The molecule has 3 aromatic rings. The number of amides is 1. The van der Waals surface area contributed by atoms with Gasteiger partial charge in [0.25, 0.3) is 5.91 Å². The Bertz CT molecular complexity index is 1020. The summed E-state index contributed by atoms with van der Waals surface area (Å²) in [7, 11) is 0. The number of carbonyl (C=O) groups excluding carboxylic acids is 2. The first-order valence-corrected chi connectivity index (χ1v) is 9.81. The normalized spacial score (nSPS) is 11.9. The van der Waals surface area contributed by atoms with Gasteiger partial charge in [-0.1, -0.05) is 12.1 Å². The van der Waals surface area contributed by atoms with Gasteiger partial charge < -0.3 is 14.6 Å². The molecule has 0 saturated carbocycles. The number of ether oxygens (including phenoxy) is 1. The lowest BCUT2D eigenvalue weighted by Gasteiger charge is -2.14. The van der Waals surface area contributed by atoms with Gasteiger partial charge in [-0.2, -0.15) is 0 Å². The van der Waals surface area contributed by atoms with Crippen LogP contribution >= 0.6 is 11.3 Å². The smallest absolute Gasteiger partial charge is 0.340 e. The van der Waals surface area contributed by atoms with E-state index in [1.807, 2.05) is 29.0 Å². The number of para-hydroxylation sites is 1. The Morgan fingerprint density at radius 3 is 2.48 bits per heavy atom. The van der Waals surface area contributed by atoms with E-state index in [0.717, 1.165) is 22.7 Å². The molecule has 1 amide bonds. The van der Waals surface area contributed by atoms with Crippen molar-refractivity contribution in [2.45, 2.75) is 33.4 Å². The summed E-state index contributed by atoms with van der Waals surface area (Å²) in [6.45, 7) is 5.66. The third-order valence-corrected chi connectivity index (χ3v) is 5.41. The van der Waals surface area contributed by atoms with Crippen LogP contribution in [-0.4, -0.2) is 22.5 Å². The van der Waals surface area contributed by atoms with Crippen LogP contribution in [-0.2, 0) is 16.1 Å². The van der Waals surface area contributed by atoms with Crippen molar-refractivity contribution in [3.05, 3.63) is 75.2 Å². The van der Waals surface area contributed by atoms with E-state index in [2.05, 4.69) is 5.32 Å². The Hall–Kier alpha value is -3.00. The molecule has 5 nitrogen and oxygen atoms in total. The summed E-state index contributed by atoms with van der Waals surface area (Å²) in [6, 6.07) is 8.91. The molecule has 0 aliphatic carbocycles. The summed E-state index contributed by atoms with van der Waals surface area (Å²) in [5.41, 5.74) is 1.37. The standard InChI is InChI=1S/C21H20F2N2O3S/c1-12-10-16(13(2)25(12)11-15-6-5-9-29-15)21(27)28-14(3)20(26)24-19-17(22)7-4-8-18(19)23/h4-10,14H,11H2,1-3H3,(H,24,26)/t14-/m0/s1. The second kappa shape index (κ2) is 8.57. The maximum absolute atomic E-state index is 13.7. The monoisotopic (exact) mass is 418 g/mol. The van der Waals surface area contributed by atoms with Crippen molar-refractivity contribution in [3.63, 3.8) is 0 Å². The fourth-order valence-electron chi connectivity index (χ4n) is 2.93. The summed E-state index contributed by atoms with van der Waals surface area (Å²) < 4.78 is 34.6. The average molecular weight is 418 g/mol. The van der Waals surface area contributed by atoms with E-state index in [1.54, 1.807) is 24.3 Å². The lowest BCUT2D eigenvalue weighted by atomic mass is 10.2. The molecule has 0 fully saturated rings. The molecule has 0 radical (unpaired) electrons. The number of anilines is 1. The van der Waals surface area contributed by atoms with E-state index in [-0.39, 0.29) is 0 Å². The summed E-state index contributed by atoms with van der Waals surface area (Å²) >= 11 is 1.62. The van der Waals surface area contributed by atoms with E-state index in [1.165, 1.54) is 13.0 Å².